The molecule has 8 nitrogen and oxygen atoms in total. The third kappa shape index (κ3) is 2.56. The van der Waals surface area contributed by atoms with E-state index in [0.29, 0.717) is 34.2 Å². The third-order valence-electron chi connectivity index (χ3n) is 4.05. The highest BCUT2D eigenvalue weighted by molar-refractivity contribution is 5.86. The number of benzene rings is 1. The van der Waals surface area contributed by atoms with Gasteiger partial charge < -0.3 is 9.88 Å². The highest BCUT2D eigenvalue weighted by atomic mass is 15.4. The lowest BCUT2D eigenvalue weighted by atomic mass is 10.2. The molecule has 0 fully saturated rings. The van der Waals surface area contributed by atoms with Gasteiger partial charge in [-0.25, -0.2) is 9.67 Å². The van der Waals surface area contributed by atoms with E-state index in [2.05, 4.69) is 31.4 Å². The number of nitrogens with one attached hydrogen (secondary N) is 1. The zero-order valence-electron chi connectivity index (χ0n) is 14.6. The molecule has 26 heavy (non-hydrogen) atoms. The van der Waals surface area contributed by atoms with Crippen molar-refractivity contribution < 1.29 is 0 Å². The largest absolute Gasteiger partial charge is 0.337 e. The first kappa shape index (κ1) is 15.8. The molecule has 8 heteroatoms. The van der Waals surface area contributed by atoms with E-state index in [-0.39, 0.29) is 0 Å². The molecule has 0 saturated carbocycles. The number of nitrogens with zero attached hydrogens (tertiary/aromatic N) is 7. The second-order valence-corrected chi connectivity index (χ2v) is 6.02. The summed E-state index contributed by atoms with van der Waals surface area (Å²) >= 11 is 0. The molecule has 128 valence electrons. The minimum Gasteiger partial charge on any atom is -0.337 e. The van der Waals surface area contributed by atoms with Crippen LogP contribution in [0.4, 0.5) is 11.5 Å². The number of rotatable bonds is 3. The van der Waals surface area contributed by atoms with Gasteiger partial charge in [0.1, 0.15) is 6.07 Å². The number of hydrogen-bond acceptors (Lipinski definition) is 6. The minimum atomic E-state index is 0.448. The molecular weight excluding hydrogens is 328 g/mol. The summed E-state index contributed by atoms with van der Waals surface area (Å²) in [6.45, 7) is 3.88. The van der Waals surface area contributed by atoms with Gasteiger partial charge >= 0.3 is 0 Å². The van der Waals surface area contributed by atoms with Crippen molar-refractivity contribution in [3.63, 3.8) is 0 Å². The zero-order valence-corrected chi connectivity index (χ0v) is 14.6. The molecule has 4 aromatic rings. The molecule has 1 aromatic carbocycles. The maximum absolute atomic E-state index is 9.33. The van der Waals surface area contributed by atoms with E-state index in [1.165, 1.54) is 0 Å². The summed E-state index contributed by atoms with van der Waals surface area (Å²) in [5.41, 5.74) is 4.33. The standard InChI is InChI=1S/C18H16N8/c1-11-8-12(2)26(24-11)18-22-16(15-17(23-18)25(3)10-20-15)21-14-7-5-4-6-13(14)9-19/h4-8,10H,1-3H3,(H,21,22,23). The van der Waals surface area contributed by atoms with Crippen LogP contribution in [0.1, 0.15) is 17.0 Å². The predicted octanol–water partition coefficient (Wildman–Crippen LogP) is 2.78. The van der Waals surface area contributed by atoms with E-state index < -0.39 is 0 Å². The van der Waals surface area contributed by atoms with Crippen LogP contribution in [0, 0.1) is 25.2 Å². The second-order valence-electron chi connectivity index (χ2n) is 6.02. The Hall–Kier alpha value is -3.73. The average Bonchev–Trinajstić information content (AvgIpc) is 3.17. The van der Waals surface area contributed by atoms with E-state index in [1.807, 2.05) is 49.7 Å². The molecule has 0 aliphatic carbocycles. The molecule has 0 aliphatic rings. The van der Waals surface area contributed by atoms with Crippen molar-refractivity contribution in [2.24, 2.45) is 7.05 Å². The summed E-state index contributed by atoms with van der Waals surface area (Å²) < 4.78 is 3.52. The fourth-order valence-corrected chi connectivity index (χ4v) is 2.83. The minimum absolute atomic E-state index is 0.448. The fourth-order valence-electron chi connectivity index (χ4n) is 2.83. The van der Waals surface area contributed by atoms with E-state index in [1.54, 1.807) is 17.1 Å². The molecule has 0 spiro atoms. The second kappa shape index (κ2) is 5.97. The SMILES string of the molecule is Cc1cc(C)n(-c2nc(Nc3ccccc3C#N)c3ncn(C)c3n2)n1. The number of imidazole rings is 1. The van der Waals surface area contributed by atoms with Crippen LogP contribution in [0.3, 0.4) is 0 Å². The van der Waals surface area contributed by atoms with Crippen molar-refractivity contribution in [3.8, 4) is 12.0 Å². The van der Waals surface area contributed by atoms with Crippen molar-refractivity contribution in [3.05, 3.63) is 53.6 Å². The molecule has 3 heterocycles. The van der Waals surface area contributed by atoms with Crippen LogP contribution in [0.5, 0.6) is 0 Å². The normalized spacial score (nSPS) is 10.8. The Morgan fingerprint density at radius 1 is 1.15 bits per heavy atom. The lowest BCUT2D eigenvalue weighted by molar-refractivity contribution is 0.776. The molecule has 4 rings (SSSR count). The van der Waals surface area contributed by atoms with Gasteiger partial charge in [0.2, 0.25) is 0 Å². The summed E-state index contributed by atoms with van der Waals surface area (Å²) in [7, 11) is 1.88. The molecular formula is C18H16N8. The first-order valence-electron chi connectivity index (χ1n) is 8.05. The quantitative estimate of drug-likeness (QED) is 0.614. The van der Waals surface area contributed by atoms with Gasteiger partial charge in [0.05, 0.1) is 23.3 Å². The number of aromatic nitrogens is 6. The van der Waals surface area contributed by atoms with Crippen LogP contribution in [-0.4, -0.2) is 29.3 Å². The molecule has 0 unspecified atom stereocenters. The molecule has 0 radical (unpaired) electrons. The fraction of sp³-hybridized carbons (Fsp3) is 0.167. The Morgan fingerprint density at radius 2 is 1.96 bits per heavy atom. The number of anilines is 2. The Balaban J connectivity index is 1.91. The van der Waals surface area contributed by atoms with Gasteiger partial charge in [-0.05, 0) is 32.0 Å². The summed E-state index contributed by atoms with van der Waals surface area (Å²) in [6.07, 6.45) is 1.69. The van der Waals surface area contributed by atoms with Gasteiger partial charge in [-0.15, -0.1) is 0 Å². The van der Waals surface area contributed by atoms with Crippen LogP contribution in [0.15, 0.2) is 36.7 Å². The smallest absolute Gasteiger partial charge is 0.254 e. The molecule has 0 amide bonds. The van der Waals surface area contributed by atoms with Gasteiger partial charge in [-0.3, -0.25) is 0 Å². The lowest BCUT2D eigenvalue weighted by Crippen LogP contribution is -2.09. The van der Waals surface area contributed by atoms with Crippen molar-refractivity contribution in [1.82, 2.24) is 29.3 Å². The van der Waals surface area contributed by atoms with Crippen LogP contribution < -0.4 is 5.32 Å². The first-order chi connectivity index (χ1) is 12.6. The molecule has 0 saturated heterocycles. The molecule has 1 N–H and O–H groups in total. The van der Waals surface area contributed by atoms with Crippen LogP contribution in [0.2, 0.25) is 0 Å². The van der Waals surface area contributed by atoms with Gasteiger partial charge in [0.25, 0.3) is 5.95 Å². The Kier molecular flexibility index (Phi) is 3.62. The number of aryl methyl sites for hydroxylation is 3. The summed E-state index contributed by atoms with van der Waals surface area (Å²) in [5, 5.41) is 17.0. The van der Waals surface area contributed by atoms with E-state index >= 15 is 0 Å². The van der Waals surface area contributed by atoms with Crippen LogP contribution >= 0.6 is 0 Å². The van der Waals surface area contributed by atoms with Crippen LogP contribution in [0.25, 0.3) is 17.1 Å². The lowest BCUT2D eigenvalue weighted by Gasteiger charge is -2.10. The number of nitriles is 1. The molecule has 3 aromatic heterocycles. The predicted molar refractivity (Wildman–Crippen MR) is 97.3 cm³/mol. The highest BCUT2D eigenvalue weighted by Gasteiger charge is 2.16. The highest BCUT2D eigenvalue weighted by Crippen LogP contribution is 2.25. The first-order valence-corrected chi connectivity index (χ1v) is 8.05. The van der Waals surface area contributed by atoms with Gasteiger partial charge in [-0.2, -0.15) is 20.3 Å². The van der Waals surface area contributed by atoms with E-state index in [9.17, 15) is 5.26 Å². The maximum atomic E-state index is 9.33. The Labute approximate surface area is 149 Å². The van der Waals surface area contributed by atoms with Gasteiger partial charge in [-0.1, -0.05) is 12.1 Å². The van der Waals surface area contributed by atoms with Crippen LogP contribution in [-0.2, 0) is 7.05 Å². The molecule has 0 atom stereocenters. The van der Waals surface area contributed by atoms with E-state index in [0.717, 1.165) is 11.4 Å². The molecule has 0 bridgehead atoms. The van der Waals surface area contributed by atoms with E-state index in [4.69, 9.17) is 0 Å². The van der Waals surface area contributed by atoms with Crippen molar-refractivity contribution >= 4 is 22.7 Å². The average molecular weight is 344 g/mol. The van der Waals surface area contributed by atoms with Crippen molar-refractivity contribution in [2.45, 2.75) is 13.8 Å². The zero-order chi connectivity index (χ0) is 18.3. The third-order valence-corrected chi connectivity index (χ3v) is 4.05. The molecule has 0 aliphatic heterocycles. The summed E-state index contributed by atoms with van der Waals surface area (Å²) in [4.78, 5) is 13.6. The van der Waals surface area contributed by atoms with Gasteiger partial charge in [0, 0.05) is 12.7 Å². The van der Waals surface area contributed by atoms with Crippen molar-refractivity contribution in [1.29, 1.82) is 5.26 Å². The number of para-hydroxylation sites is 1. The number of hydrogen-bond donors (Lipinski definition) is 1. The number of fused-ring (bicyclic) bond motifs is 1. The Bertz CT molecular complexity index is 1160. The summed E-state index contributed by atoms with van der Waals surface area (Å²) in [5.74, 6) is 0.976. The Morgan fingerprint density at radius 3 is 2.69 bits per heavy atom. The van der Waals surface area contributed by atoms with Gasteiger partial charge in [0.15, 0.2) is 17.0 Å². The summed E-state index contributed by atoms with van der Waals surface area (Å²) in [6, 6.07) is 11.4. The monoisotopic (exact) mass is 344 g/mol. The van der Waals surface area contributed by atoms with Crippen molar-refractivity contribution in [2.75, 3.05) is 5.32 Å². The topological polar surface area (TPSA) is 97.2 Å². The maximum Gasteiger partial charge on any atom is 0.254 e.